The van der Waals surface area contributed by atoms with Gasteiger partial charge in [0.15, 0.2) is 0 Å². The summed E-state index contributed by atoms with van der Waals surface area (Å²) in [6.07, 6.45) is 0.226. The lowest BCUT2D eigenvalue weighted by molar-refractivity contribution is -0.115. The lowest BCUT2D eigenvalue weighted by Gasteiger charge is -2.11. The van der Waals surface area contributed by atoms with E-state index in [4.69, 9.17) is 0 Å². The second-order valence-corrected chi connectivity index (χ2v) is 9.90. The van der Waals surface area contributed by atoms with Gasteiger partial charge >= 0.3 is 0 Å². The molecule has 4 aromatic carbocycles. The molecule has 2 N–H and O–H groups in total. The van der Waals surface area contributed by atoms with Crippen LogP contribution in [-0.4, -0.2) is 14.3 Å². The predicted molar refractivity (Wildman–Crippen MR) is 137 cm³/mol. The Balaban J connectivity index is 1.37. The van der Waals surface area contributed by atoms with E-state index in [2.05, 4.69) is 10.0 Å². The SMILES string of the molecule is Cc1ccc(NS(=O)(=O)c2ccc(NC(=O)Cc3ccc(-c4ccccc4)cc3)cc2)cc1C. The normalized spacial score (nSPS) is 11.1. The third-order valence-corrected chi connectivity index (χ3v) is 7.03. The number of carbonyl (C=O) groups excluding carboxylic acids is 1. The molecular weight excluding hydrogens is 444 g/mol. The van der Waals surface area contributed by atoms with Crippen molar-refractivity contribution in [2.45, 2.75) is 25.2 Å². The summed E-state index contributed by atoms with van der Waals surface area (Å²) in [6, 6.07) is 29.5. The monoisotopic (exact) mass is 470 g/mol. The topological polar surface area (TPSA) is 75.3 Å². The van der Waals surface area contributed by atoms with E-state index in [0.717, 1.165) is 27.8 Å². The number of hydrogen-bond acceptors (Lipinski definition) is 3. The molecule has 0 saturated carbocycles. The third kappa shape index (κ3) is 5.71. The van der Waals surface area contributed by atoms with Gasteiger partial charge in [0.1, 0.15) is 0 Å². The first-order valence-electron chi connectivity index (χ1n) is 10.9. The Morgan fingerprint density at radius 1 is 0.706 bits per heavy atom. The number of anilines is 2. The highest BCUT2D eigenvalue weighted by atomic mass is 32.2. The summed E-state index contributed by atoms with van der Waals surface area (Å²) in [5.41, 5.74) is 6.27. The molecule has 0 bridgehead atoms. The Morgan fingerprint density at radius 2 is 1.32 bits per heavy atom. The van der Waals surface area contributed by atoms with Gasteiger partial charge in [-0.2, -0.15) is 0 Å². The smallest absolute Gasteiger partial charge is 0.261 e. The van der Waals surface area contributed by atoms with E-state index in [1.165, 1.54) is 12.1 Å². The number of benzene rings is 4. The van der Waals surface area contributed by atoms with Gasteiger partial charge < -0.3 is 5.32 Å². The van der Waals surface area contributed by atoms with Gasteiger partial charge in [-0.05, 0) is 78.1 Å². The van der Waals surface area contributed by atoms with Crippen molar-refractivity contribution in [3.63, 3.8) is 0 Å². The molecule has 0 unspecified atom stereocenters. The molecule has 0 atom stereocenters. The van der Waals surface area contributed by atoms with Gasteiger partial charge in [-0.1, -0.05) is 60.7 Å². The van der Waals surface area contributed by atoms with Gasteiger partial charge in [-0.15, -0.1) is 0 Å². The predicted octanol–water partition coefficient (Wildman–Crippen LogP) is 5.95. The molecule has 0 fully saturated rings. The molecule has 0 aliphatic carbocycles. The average molecular weight is 471 g/mol. The van der Waals surface area contributed by atoms with E-state index >= 15 is 0 Å². The fourth-order valence-corrected chi connectivity index (χ4v) is 4.62. The minimum Gasteiger partial charge on any atom is -0.326 e. The third-order valence-electron chi connectivity index (χ3n) is 5.63. The van der Waals surface area contributed by atoms with Crippen molar-refractivity contribution in [1.82, 2.24) is 0 Å². The van der Waals surface area contributed by atoms with Crippen molar-refractivity contribution in [3.05, 3.63) is 114 Å². The van der Waals surface area contributed by atoms with E-state index in [1.807, 2.05) is 74.5 Å². The molecule has 6 heteroatoms. The van der Waals surface area contributed by atoms with Crippen LogP contribution in [0.3, 0.4) is 0 Å². The second kappa shape index (κ2) is 9.93. The molecule has 0 heterocycles. The van der Waals surface area contributed by atoms with Crippen molar-refractivity contribution in [3.8, 4) is 11.1 Å². The fourth-order valence-electron chi connectivity index (χ4n) is 3.57. The highest BCUT2D eigenvalue weighted by Gasteiger charge is 2.15. The summed E-state index contributed by atoms with van der Waals surface area (Å²) in [5.74, 6) is -0.170. The molecule has 0 saturated heterocycles. The van der Waals surface area contributed by atoms with Gasteiger partial charge in [-0.25, -0.2) is 8.42 Å². The fraction of sp³-hybridized carbons (Fsp3) is 0.107. The molecule has 4 aromatic rings. The molecule has 5 nitrogen and oxygen atoms in total. The van der Waals surface area contributed by atoms with Crippen LogP contribution in [0.15, 0.2) is 102 Å². The van der Waals surface area contributed by atoms with Crippen molar-refractivity contribution in [2.24, 2.45) is 0 Å². The van der Waals surface area contributed by atoms with E-state index in [1.54, 1.807) is 24.3 Å². The van der Waals surface area contributed by atoms with Crippen LogP contribution in [0, 0.1) is 13.8 Å². The summed E-state index contributed by atoms with van der Waals surface area (Å²) in [7, 11) is -3.73. The van der Waals surface area contributed by atoms with Crippen LogP contribution < -0.4 is 10.0 Å². The van der Waals surface area contributed by atoms with E-state index in [9.17, 15) is 13.2 Å². The zero-order valence-electron chi connectivity index (χ0n) is 19.1. The van der Waals surface area contributed by atoms with Crippen molar-refractivity contribution in [2.75, 3.05) is 10.0 Å². The maximum absolute atomic E-state index is 12.7. The van der Waals surface area contributed by atoms with Crippen molar-refractivity contribution in [1.29, 1.82) is 0 Å². The number of carbonyl (C=O) groups is 1. The minimum absolute atomic E-state index is 0.125. The van der Waals surface area contributed by atoms with Crippen LogP contribution in [0.2, 0.25) is 0 Å². The minimum atomic E-state index is -3.73. The van der Waals surface area contributed by atoms with Crippen LogP contribution in [0.4, 0.5) is 11.4 Å². The van der Waals surface area contributed by atoms with Crippen LogP contribution in [0.5, 0.6) is 0 Å². The Hall–Kier alpha value is -3.90. The van der Waals surface area contributed by atoms with Crippen molar-refractivity contribution < 1.29 is 13.2 Å². The Morgan fingerprint density at radius 3 is 1.97 bits per heavy atom. The first kappa shape index (κ1) is 23.3. The molecule has 34 heavy (non-hydrogen) atoms. The Bertz CT molecular complexity index is 1400. The highest BCUT2D eigenvalue weighted by Crippen LogP contribution is 2.22. The number of aryl methyl sites for hydroxylation is 2. The first-order valence-corrected chi connectivity index (χ1v) is 12.4. The van der Waals surface area contributed by atoms with Crippen LogP contribution in [0.25, 0.3) is 11.1 Å². The summed E-state index contributed by atoms with van der Waals surface area (Å²) in [4.78, 5) is 12.6. The van der Waals surface area contributed by atoms with Crippen molar-refractivity contribution >= 4 is 27.3 Å². The lowest BCUT2D eigenvalue weighted by atomic mass is 10.0. The zero-order chi connectivity index (χ0) is 24.1. The maximum atomic E-state index is 12.7. The van der Waals surface area contributed by atoms with E-state index in [0.29, 0.717) is 11.4 Å². The second-order valence-electron chi connectivity index (χ2n) is 8.22. The molecule has 0 aliphatic rings. The first-order chi connectivity index (χ1) is 16.3. The van der Waals surface area contributed by atoms with Gasteiger partial charge in [0.2, 0.25) is 5.91 Å². The van der Waals surface area contributed by atoms with Gasteiger partial charge in [0.05, 0.1) is 11.3 Å². The molecule has 0 aromatic heterocycles. The molecule has 172 valence electrons. The van der Waals surface area contributed by atoms with E-state index in [-0.39, 0.29) is 17.2 Å². The van der Waals surface area contributed by atoms with Crippen LogP contribution in [0.1, 0.15) is 16.7 Å². The number of sulfonamides is 1. The van der Waals surface area contributed by atoms with Gasteiger partial charge in [-0.3, -0.25) is 9.52 Å². The molecular formula is C28H26N2O3S. The quantitative estimate of drug-likeness (QED) is 0.350. The van der Waals surface area contributed by atoms with E-state index < -0.39 is 10.0 Å². The standard InChI is InChI=1S/C28H26N2O3S/c1-20-8-13-26(18-21(20)2)30-34(32,33)27-16-14-25(15-17-27)29-28(31)19-22-9-11-24(12-10-22)23-6-4-3-5-7-23/h3-18,30H,19H2,1-2H3,(H,29,31). The summed E-state index contributed by atoms with van der Waals surface area (Å²) >= 11 is 0. The summed E-state index contributed by atoms with van der Waals surface area (Å²) in [5, 5.41) is 2.82. The lowest BCUT2D eigenvalue weighted by Crippen LogP contribution is -2.15. The molecule has 0 aliphatic heterocycles. The van der Waals surface area contributed by atoms with Gasteiger partial charge in [0.25, 0.3) is 10.0 Å². The Labute approximate surface area is 200 Å². The number of amides is 1. The number of rotatable bonds is 7. The van der Waals surface area contributed by atoms with Crippen LogP contribution >= 0.6 is 0 Å². The Kier molecular flexibility index (Phi) is 6.80. The molecule has 1 amide bonds. The average Bonchev–Trinajstić information content (AvgIpc) is 2.83. The highest BCUT2D eigenvalue weighted by molar-refractivity contribution is 7.92. The van der Waals surface area contributed by atoms with Gasteiger partial charge in [0, 0.05) is 11.4 Å². The van der Waals surface area contributed by atoms with Crippen LogP contribution in [-0.2, 0) is 21.2 Å². The largest absolute Gasteiger partial charge is 0.326 e. The maximum Gasteiger partial charge on any atom is 0.261 e. The molecule has 0 radical (unpaired) electrons. The summed E-state index contributed by atoms with van der Waals surface area (Å²) in [6.45, 7) is 3.91. The number of hydrogen-bond donors (Lipinski definition) is 2. The number of nitrogens with one attached hydrogen (secondary N) is 2. The zero-order valence-corrected chi connectivity index (χ0v) is 19.9. The molecule has 4 rings (SSSR count). The molecule has 0 spiro atoms. The summed E-state index contributed by atoms with van der Waals surface area (Å²) < 4.78 is 28.0.